The largest absolute Gasteiger partial charge is 0.339 e. The summed E-state index contributed by atoms with van der Waals surface area (Å²) in [6.45, 7) is 4.07. The van der Waals surface area contributed by atoms with E-state index in [0.717, 1.165) is 14.9 Å². The molecule has 0 amide bonds. The van der Waals surface area contributed by atoms with Crippen molar-refractivity contribution in [1.29, 1.82) is 0 Å². The summed E-state index contributed by atoms with van der Waals surface area (Å²) in [5, 5.41) is 4.07. The van der Waals surface area contributed by atoms with Crippen LogP contribution in [0.5, 0.6) is 0 Å². The maximum Gasteiger partial charge on any atom is 0.135 e. The van der Waals surface area contributed by atoms with Gasteiger partial charge in [0.25, 0.3) is 0 Å². The first kappa shape index (κ1) is 16.0. The van der Waals surface area contributed by atoms with Gasteiger partial charge < -0.3 is 5.32 Å². The third-order valence-electron chi connectivity index (χ3n) is 2.53. The number of nitrogens with one attached hydrogen (secondary N) is 1. The lowest BCUT2D eigenvalue weighted by atomic mass is 10.2. The molecule has 0 spiro atoms. The fourth-order valence-electron chi connectivity index (χ4n) is 1.52. The molecule has 0 saturated heterocycles. The number of hydrogen-bond donors (Lipinski definition) is 1. The molecule has 0 bridgehead atoms. The maximum absolute atomic E-state index is 6.21. The number of rotatable bonds is 3. The van der Waals surface area contributed by atoms with Crippen molar-refractivity contribution in [2.24, 2.45) is 0 Å². The fourth-order valence-corrected chi connectivity index (χ4v) is 2.74. The lowest BCUT2D eigenvalue weighted by Crippen LogP contribution is -2.02. The summed E-state index contributed by atoms with van der Waals surface area (Å²) in [6.07, 6.45) is 0. The van der Waals surface area contributed by atoms with Crippen molar-refractivity contribution in [3.8, 4) is 0 Å². The third-order valence-corrected chi connectivity index (χ3v) is 4.70. The molecule has 0 radical (unpaired) electrons. The van der Waals surface area contributed by atoms with E-state index in [1.54, 1.807) is 6.07 Å². The Balaban J connectivity index is 2.37. The summed E-state index contributed by atoms with van der Waals surface area (Å²) in [7, 11) is 0. The molecule has 1 N–H and O–H groups in total. The van der Waals surface area contributed by atoms with Crippen LogP contribution in [0.3, 0.4) is 0 Å². The average molecular weight is 440 g/mol. The second-order valence-electron chi connectivity index (χ2n) is 4.44. The van der Waals surface area contributed by atoms with E-state index in [2.05, 4.69) is 47.1 Å². The Morgan fingerprint density at radius 3 is 2.45 bits per heavy atom. The predicted octanol–water partition coefficient (Wildman–Crippen LogP) is 6.18. The van der Waals surface area contributed by atoms with Crippen LogP contribution in [-0.2, 0) is 0 Å². The molecular formula is C13H11Br2Cl2N3. The first-order chi connectivity index (χ1) is 9.38. The summed E-state index contributed by atoms with van der Waals surface area (Å²) in [4.78, 5) is 8.78. The molecule has 20 heavy (non-hydrogen) atoms. The van der Waals surface area contributed by atoms with Gasteiger partial charge in [-0.25, -0.2) is 9.97 Å². The van der Waals surface area contributed by atoms with Crippen LogP contribution in [0.4, 0.5) is 11.5 Å². The molecule has 1 aromatic heterocycles. The van der Waals surface area contributed by atoms with E-state index >= 15 is 0 Å². The fraction of sp³-hybridized carbons (Fsp3) is 0.231. The van der Waals surface area contributed by atoms with Gasteiger partial charge in [0.1, 0.15) is 16.2 Å². The second-order valence-corrected chi connectivity index (χ2v) is 6.86. The molecule has 1 aromatic carbocycles. The van der Waals surface area contributed by atoms with Crippen LogP contribution < -0.4 is 5.32 Å². The van der Waals surface area contributed by atoms with Gasteiger partial charge in [0.2, 0.25) is 0 Å². The first-order valence-electron chi connectivity index (χ1n) is 5.83. The van der Waals surface area contributed by atoms with Crippen molar-refractivity contribution in [2.75, 3.05) is 5.32 Å². The van der Waals surface area contributed by atoms with Gasteiger partial charge in [-0.15, -0.1) is 0 Å². The molecular weight excluding hydrogens is 429 g/mol. The number of benzene rings is 1. The van der Waals surface area contributed by atoms with Gasteiger partial charge >= 0.3 is 0 Å². The average Bonchev–Trinajstić information content (AvgIpc) is 2.39. The Morgan fingerprint density at radius 2 is 1.80 bits per heavy atom. The normalized spacial score (nSPS) is 10.9. The Kier molecular flexibility index (Phi) is 5.29. The van der Waals surface area contributed by atoms with Crippen molar-refractivity contribution in [1.82, 2.24) is 9.97 Å². The molecule has 0 aliphatic rings. The van der Waals surface area contributed by atoms with Crippen molar-refractivity contribution < 1.29 is 0 Å². The van der Waals surface area contributed by atoms with E-state index in [-0.39, 0.29) is 5.92 Å². The molecule has 2 aromatic rings. The molecule has 2 rings (SSSR count). The summed E-state index contributed by atoms with van der Waals surface area (Å²) in [6, 6.07) is 5.46. The minimum absolute atomic E-state index is 0.233. The molecule has 0 unspecified atom stereocenters. The van der Waals surface area contributed by atoms with Crippen LogP contribution >= 0.6 is 55.1 Å². The number of anilines is 2. The zero-order valence-corrected chi connectivity index (χ0v) is 15.4. The van der Waals surface area contributed by atoms with Gasteiger partial charge in [-0.05, 0) is 44.0 Å². The molecule has 0 aliphatic heterocycles. The second kappa shape index (κ2) is 6.60. The summed E-state index contributed by atoms with van der Waals surface area (Å²) >= 11 is 19.0. The van der Waals surface area contributed by atoms with Crippen LogP contribution in [0.15, 0.2) is 27.3 Å². The van der Waals surface area contributed by atoms with Gasteiger partial charge in [0.05, 0.1) is 15.7 Å². The van der Waals surface area contributed by atoms with Crippen molar-refractivity contribution in [2.45, 2.75) is 19.8 Å². The summed E-state index contributed by atoms with van der Waals surface area (Å²) < 4.78 is 1.47. The van der Waals surface area contributed by atoms with Crippen LogP contribution in [0.1, 0.15) is 25.6 Å². The van der Waals surface area contributed by atoms with Gasteiger partial charge in [-0.1, -0.05) is 37.0 Å². The van der Waals surface area contributed by atoms with Crippen molar-refractivity contribution in [3.05, 3.63) is 43.1 Å². The van der Waals surface area contributed by atoms with Gasteiger partial charge in [-0.3, -0.25) is 0 Å². The maximum atomic E-state index is 6.21. The van der Waals surface area contributed by atoms with Gasteiger partial charge in [-0.2, -0.15) is 0 Å². The Bertz CT molecular complexity index is 648. The zero-order valence-electron chi connectivity index (χ0n) is 10.7. The molecule has 0 atom stereocenters. The number of hydrogen-bond acceptors (Lipinski definition) is 3. The molecule has 1 heterocycles. The lowest BCUT2D eigenvalue weighted by molar-refractivity contribution is 0.771. The molecule has 3 nitrogen and oxygen atoms in total. The SMILES string of the molecule is CC(C)c1nc(Br)cc(Nc2ccc(Br)c(Cl)c2Cl)n1. The van der Waals surface area contributed by atoms with E-state index in [1.165, 1.54) is 0 Å². The molecule has 0 saturated carbocycles. The van der Waals surface area contributed by atoms with E-state index < -0.39 is 0 Å². The third kappa shape index (κ3) is 3.64. The topological polar surface area (TPSA) is 37.8 Å². The molecule has 106 valence electrons. The Labute approximate surface area is 144 Å². The van der Waals surface area contributed by atoms with E-state index in [4.69, 9.17) is 23.2 Å². The van der Waals surface area contributed by atoms with Crippen LogP contribution in [0, 0.1) is 0 Å². The number of halogens is 4. The monoisotopic (exact) mass is 437 g/mol. The van der Waals surface area contributed by atoms with E-state index in [0.29, 0.717) is 21.6 Å². The van der Waals surface area contributed by atoms with Crippen LogP contribution in [0.25, 0.3) is 0 Å². The minimum atomic E-state index is 0.233. The highest BCUT2D eigenvalue weighted by molar-refractivity contribution is 9.10. The zero-order chi connectivity index (χ0) is 14.9. The smallest absolute Gasteiger partial charge is 0.135 e. The highest BCUT2D eigenvalue weighted by Crippen LogP contribution is 2.37. The molecule has 7 heteroatoms. The van der Waals surface area contributed by atoms with Crippen LogP contribution in [0.2, 0.25) is 10.0 Å². The van der Waals surface area contributed by atoms with Gasteiger partial charge in [0.15, 0.2) is 0 Å². The van der Waals surface area contributed by atoms with E-state index in [9.17, 15) is 0 Å². The summed E-state index contributed by atoms with van der Waals surface area (Å²) in [5.74, 6) is 1.65. The lowest BCUT2D eigenvalue weighted by Gasteiger charge is -2.12. The predicted molar refractivity (Wildman–Crippen MR) is 91.3 cm³/mol. The van der Waals surface area contributed by atoms with E-state index in [1.807, 2.05) is 26.0 Å². The highest BCUT2D eigenvalue weighted by Gasteiger charge is 2.11. The van der Waals surface area contributed by atoms with Gasteiger partial charge in [0, 0.05) is 16.5 Å². The number of aromatic nitrogens is 2. The van der Waals surface area contributed by atoms with Crippen molar-refractivity contribution in [3.63, 3.8) is 0 Å². The summed E-state index contributed by atoms with van der Waals surface area (Å²) in [5.41, 5.74) is 0.695. The first-order valence-corrected chi connectivity index (χ1v) is 8.17. The Hall–Kier alpha value is -0.360. The minimum Gasteiger partial charge on any atom is -0.339 e. The number of nitrogens with zero attached hydrogens (tertiary/aromatic N) is 2. The highest BCUT2D eigenvalue weighted by atomic mass is 79.9. The standard InChI is InChI=1S/C13H11Br2Cl2N3/c1-6(2)13-19-9(15)5-10(20-13)18-8-4-3-7(14)11(16)12(8)17/h3-6H,1-2H3,(H,18,19,20). The van der Waals surface area contributed by atoms with Crippen molar-refractivity contribution >= 4 is 66.6 Å². The quantitative estimate of drug-likeness (QED) is 0.458. The Morgan fingerprint density at radius 1 is 1.10 bits per heavy atom. The van der Waals surface area contributed by atoms with Crippen LogP contribution in [-0.4, -0.2) is 9.97 Å². The molecule has 0 aliphatic carbocycles. The molecule has 0 fully saturated rings.